The van der Waals surface area contributed by atoms with Gasteiger partial charge in [0.25, 0.3) is 0 Å². The highest BCUT2D eigenvalue weighted by atomic mass is 79.9. The average Bonchev–Trinajstić information content (AvgIpc) is 2.30. The quantitative estimate of drug-likeness (QED) is 0.577. The van der Waals surface area contributed by atoms with E-state index in [0.717, 1.165) is 0 Å². The zero-order valence-corrected chi connectivity index (χ0v) is 11.3. The SMILES string of the molecule is Brc1cccc2c1SSSSS2. The molecule has 0 saturated heterocycles. The van der Waals surface area contributed by atoms with Gasteiger partial charge in [-0.25, -0.2) is 0 Å². The lowest BCUT2D eigenvalue weighted by Crippen LogP contribution is -1.74. The Morgan fingerprint density at radius 2 is 1.83 bits per heavy atom. The number of benzene rings is 1. The van der Waals surface area contributed by atoms with Crippen molar-refractivity contribution >= 4 is 67.0 Å². The van der Waals surface area contributed by atoms with E-state index in [1.165, 1.54) is 14.3 Å². The standard InChI is InChI=1S/C6H3BrS5/c7-4-2-1-3-5-6(4)9-11-12-10-8-5/h1-3H. The molecule has 1 aliphatic heterocycles. The molecule has 1 heterocycles. The molecule has 1 aromatic rings. The Balaban J connectivity index is 2.42. The average molecular weight is 315 g/mol. The smallest absolute Gasteiger partial charge is 0.0478 e. The largest absolute Gasteiger partial charge is 0.0599 e. The molecule has 6 heteroatoms. The van der Waals surface area contributed by atoms with Crippen LogP contribution in [-0.4, -0.2) is 0 Å². The predicted octanol–water partition coefficient (Wildman–Crippen LogP) is 5.51. The van der Waals surface area contributed by atoms with Gasteiger partial charge in [0.2, 0.25) is 0 Å². The van der Waals surface area contributed by atoms with Crippen molar-refractivity contribution in [2.45, 2.75) is 9.79 Å². The Hall–Kier alpha value is 1.45. The molecule has 0 spiro atoms. The molecule has 0 amide bonds. The highest BCUT2D eigenvalue weighted by Crippen LogP contribution is 2.60. The molecule has 1 aliphatic rings. The maximum atomic E-state index is 3.55. The van der Waals surface area contributed by atoms with Crippen LogP contribution in [0.2, 0.25) is 0 Å². The fraction of sp³-hybridized carbons (Fsp3) is 0. The Kier molecular flexibility index (Phi) is 3.99. The zero-order valence-electron chi connectivity index (χ0n) is 5.65. The van der Waals surface area contributed by atoms with Crippen LogP contribution in [0.4, 0.5) is 0 Å². The minimum Gasteiger partial charge on any atom is -0.0599 e. The van der Waals surface area contributed by atoms with Gasteiger partial charge in [-0.3, -0.25) is 0 Å². The van der Waals surface area contributed by atoms with Crippen LogP contribution in [0.5, 0.6) is 0 Å². The van der Waals surface area contributed by atoms with Gasteiger partial charge in [-0.1, -0.05) is 6.07 Å². The highest BCUT2D eigenvalue weighted by molar-refractivity contribution is 9.36. The van der Waals surface area contributed by atoms with E-state index in [0.29, 0.717) is 0 Å². The lowest BCUT2D eigenvalue weighted by Gasteiger charge is -2.02. The van der Waals surface area contributed by atoms with E-state index < -0.39 is 0 Å². The van der Waals surface area contributed by atoms with E-state index in [2.05, 4.69) is 34.1 Å². The normalized spacial score (nSPS) is 16.8. The van der Waals surface area contributed by atoms with E-state index in [1.807, 2.05) is 51.1 Å². The summed E-state index contributed by atoms with van der Waals surface area (Å²) < 4.78 is 1.20. The second-order valence-corrected chi connectivity index (χ2v) is 10.3. The van der Waals surface area contributed by atoms with Gasteiger partial charge in [-0.05, 0) is 79.1 Å². The number of hydrogen-bond donors (Lipinski definition) is 0. The minimum absolute atomic E-state index is 1.20. The van der Waals surface area contributed by atoms with Crippen LogP contribution in [0.25, 0.3) is 0 Å². The lowest BCUT2D eigenvalue weighted by atomic mass is 10.4. The topological polar surface area (TPSA) is 0 Å². The van der Waals surface area contributed by atoms with Crippen LogP contribution in [0.3, 0.4) is 0 Å². The molecule has 64 valence electrons. The Bertz CT molecular complexity index is 289. The summed E-state index contributed by atoms with van der Waals surface area (Å²) in [5.74, 6) is 0. The molecule has 12 heavy (non-hydrogen) atoms. The zero-order chi connectivity index (χ0) is 8.39. The molecule has 0 N–H and O–H groups in total. The maximum Gasteiger partial charge on any atom is 0.0478 e. The van der Waals surface area contributed by atoms with Crippen molar-refractivity contribution in [2.75, 3.05) is 0 Å². The molecule has 0 nitrogen and oxygen atoms in total. The summed E-state index contributed by atoms with van der Waals surface area (Å²) >= 11 is 3.55. The van der Waals surface area contributed by atoms with E-state index in [1.54, 1.807) is 0 Å². The second kappa shape index (κ2) is 4.79. The first-order valence-electron chi connectivity index (χ1n) is 3.01. The third-order valence-corrected chi connectivity index (χ3v) is 10.7. The van der Waals surface area contributed by atoms with E-state index >= 15 is 0 Å². The van der Waals surface area contributed by atoms with Crippen LogP contribution in [0.15, 0.2) is 32.5 Å². The van der Waals surface area contributed by atoms with Crippen LogP contribution in [-0.2, 0) is 0 Å². The second-order valence-electron chi connectivity index (χ2n) is 1.94. The summed E-state index contributed by atoms with van der Waals surface area (Å²) in [7, 11) is 9.12. The van der Waals surface area contributed by atoms with Crippen LogP contribution < -0.4 is 0 Å². The van der Waals surface area contributed by atoms with Crippen molar-refractivity contribution < 1.29 is 0 Å². The predicted molar refractivity (Wildman–Crippen MR) is 68.6 cm³/mol. The van der Waals surface area contributed by atoms with Gasteiger partial charge < -0.3 is 0 Å². The summed E-state index contributed by atoms with van der Waals surface area (Å²) in [4.78, 5) is 2.71. The van der Waals surface area contributed by atoms with E-state index in [4.69, 9.17) is 0 Å². The van der Waals surface area contributed by atoms with Crippen molar-refractivity contribution in [3.63, 3.8) is 0 Å². The van der Waals surface area contributed by atoms with Crippen molar-refractivity contribution in [3.8, 4) is 0 Å². The molecule has 0 saturated carbocycles. The first-order chi connectivity index (χ1) is 5.88. The Morgan fingerprint density at radius 3 is 2.75 bits per heavy atom. The van der Waals surface area contributed by atoms with Gasteiger partial charge in [0.15, 0.2) is 0 Å². The van der Waals surface area contributed by atoms with Crippen LogP contribution >= 0.6 is 67.0 Å². The molecule has 2 rings (SSSR count). The fourth-order valence-electron chi connectivity index (χ4n) is 0.745. The summed E-state index contributed by atoms with van der Waals surface area (Å²) in [6, 6.07) is 6.34. The molecule has 0 unspecified atom stereocenters. The van der Waals surface area contributed by atoms with Crippen molar-refractivity contribution in [1.29, 1.82) is 0 Å². The van der Waals surface area contributed by atoms with Crippen molar-refractivity contribution in [2.24, 2.45) is 0 Å². The molecular formula is C6H3BrS5. The Labute approximate surface area is 98.5 Å². The molecular weight excluding hydrogens is 312 g/mol. The third kappa shape index (κ3) is 2.27. The number of rotatable bonds is 0. The van der Waals surface area contributed by atoms with Gasteiger partial charge in [0, 0.05) is 14.3 Å². The molecule has 0 aromatic heterocycles. The number of hydrogen-bond acceptors (Lipinski definition) is 5. The van der Waals surface area contributed by atoms with Crippen molar-refractivity contribution in [3.05, 3.63) is 22.7 Å². The van der Waals surface area contributed by atoms with Gasteiger partial charge >= 0.3 is 0 Å². The molecule has 1 aromatic carbocycles. The van der Waals surface area contributed by atoms with Gasteiger partial charge in [0.1, 0.15) is 0 Å². The summed E-state index contributed by atoms with van der Waals surface area (Å²) in [6.45, 7) is 0. The Morgan fingerprint density at radius 1 is 1.00 bits per heavy atom. The first kappa shape index (κ1) is 9.98. The number of fused-ring (bicyclic) bond motifs is 1. The maximum absolute atomic E-state index is 3.55. The lowest BCUT2D eigenvalue weighted by molar-refractivity contribution is 1.23. The molecule has 0 aliphatic carbocycles. The van der Waals surface area contributed by atoms with Gasteiger partial charge in [-0.2, -0.15) is 0 Å². The highest BCUT2D eigenvalue weighted by Gasteiger charge is 2.12. The molecule has 0 atom stereocenters. The summed E-state index contributed by atoms with van der Waals surface area (Å²) in [6.07, 6.45) is 0. The third-order valence-electron chi connectivity index (χ3n) is 1.23. The molecule has 0 radical (unpaired) electrons. The molecule has 0 fully saturated rings. The first-order valence-corrected chi connectivity index (χ1v) is 9.95. The van der Waals surface area contributed by atoms with Crippen LogP contribution in [0, 0.1) is 0 Å². The monoisotopic (exact) mass is 314 g/mol. The van der Waals surface area contributed by atoms with Crippen LogP contribution in [0.1, 0.15) is 0 Å². The van der Waals surface area contributed by atoms with E-state index in [-0.39, 0.29) is 0 Å². The summed E-state index contributed by atoms with van der Waals surface area (Å²) in [5.41, 5.74) is 0. The molecule has 0 bridgehead atoms. The summed E-state index contributed by atoms with van der Waals surface area (Å²) in [5, 5.41) is 0. The van der Waals surface area contributed by atoms with Gasteiger partial charge in [-0.15, -0.1) is 0 Å². The fourth-order valence-corrected chi connectivity index (χ4v) is 10.8. The van der Waals surface area contributed by atoms with Gasteiger partial charge in [0.05, 0.1) is 0 Å². The minimum atomic E-state index is 1.20. The van der Waals surface area contributed by atoms with Crippen molar-refractivity contribution in [1.82, 2.24) is 0 Å². The van der Waals surface area contributed by atoms with E-state index in [9.17, 15) is 0 Å². The number of halogens is 1.